The van der Waals surface area contributed by atoms with Gasteiger partial charge in [0.05, 0.1) is 16.8 Å². The first kappa shape index (κ1) is 20.3. The number of imide groups is 1. The van der Waals surface area contributed by atoms with Crippen LogP contribution in [0.1, 0.15) is 34.1 Å². The zero-order valence-corrected chi connectivity index (χ0v) is 17.9. The lowest BCUT2D eigenvalue weighted by atomic mass is 9.55. The molecule has 0 spiro atoms. The summed E-state index contributed by atoms with van der Waals surface area (Å²) >= 11 is 0. The van der Waals surface area contributed by atoms with Crippen molar-refractivity contribution >= 4 is 29.1 Å². The predicted molar refractivity (Wildman–Crippen MR) is 122 cm³/mol. The van der Waals surface area contributed by atoms with Crippen LogP contribution in [0.3, 0.4) is 0 Å². The lowest BCUT2D eigenvalue weighted by Crippen LogP contribution is -2.41. The minimum atomic E-state index is -0.533. The van der Waals surface area contributed by atoms with Crippen LogP contribution in [0.2, 0.25) is 0 Å². The van der Waals surface area contributed by atoms with Crippen LogP contribution >= 0.6 is 0 Å². The van der Waals surface area contributed by atoms with E-state index in [0.29, 0.717) is 5.69 Å². The molecule has 1 saturated heterocycles. The molecule has 0 radical (unpaired) electrons. The molecule has 1 aliphatic heterocycles. The number of hydrogen-bond acceptors (Lipinski definition) is 5. The summed E-state index contributed by atoms with van der Waals surface area (Å²) in [5.41, 5.74) is 4.56. The van der Waals surface area contributed by atoms with Gasteiger partial charge in [0.1, 0.15) is 6.54 Å². The summed E-state index contributed by atoms with van der Waals surface area (Å²) in [6.45, 7) is -0.395. The van der Waals surface area contributed by atoms with E-state index in [1.807, 2.05) is 48.5 Å². The fraction of sp³-hybridized carbons (Fsp3) is 0.192. The minimum Gasteiger partial charge on any atom is -0.325 e. The molecule has 3 aromatic carbocycles. The molecule has 0 saturated carbocycles. The van der Waals surface area contributed by atoms with Gasteiger partial charge in [-0.25, -0.2) is 0 Å². The van der Waals surface area contributed by atoms with Gasteiger partial charge < -0.3 is 5.32 Å². The molecule has 3 aromatic rings. The molecule has 1 heterocycles. The van der Waals surface area contributed by atoms with Crippen molar-refractivity contribution in [2.24, 2.45) is 11.8 Å². The first-order valence-corrected chi connectivity index (χ1v) is 11.0. The highest BCUT2D eigenvalue weighted by Gasteiger charge is 2.61. The number of non-ortho nitro benzene ring substituents is 1. The van der Waals surface area contributed by atoms with Crippen LogP contribution in [0.4, 0.5) is 11.4 Å². The Bertz CT molecular complexity index is 1270. The van der Waals surface area contributed by atoms with Crippen molar-refractivity contribution in [3.8, 4) is 0 Å². The third kappa shape index (κ3) is 2.81. The number of amides is 3. The van der Waals surface area contributed by atoms with E-state index in [0.717, 1.165) is 27.2 Å². The van der Waals surface area contributed by atoms with Crippen LogP contribution in [0.15, 0.2) is 72.8 Å². The van der Waals surface area contributed by atoms with Gasteiger partial charge in [-0.3, -0.25) is 29.4 Å². The molecule has 8 heteroatoms. The normalized spacial score (nSPS) is 23.8. The molecule has 3 amide bonds. The Morgan fingerprint density at radius 2 is 1.24 bits per heavy atom. The second kappa shape index (κ2) is 7.34. The molecule has 2 bridgehead atoms. The second-order valence-corrected chi connectivity index (χ2v) is 8.88. The van der Waals surface area contributed by atoms with Crippen molar-refractivity contribution in [2.75, 3.05) is 11.9 Å². The Kier molecular flexibility index (Phi) is 4.38. The van der Waals surface area contributed by atoms with E-state index in [2.05, 4.69) is 5.32 Å². The molecular formula is C26H19N3O5. The van der Waals surface area contributed by atoms with Crippen molar-refractivity contribution < 1.29 is 19.3 Å². The molecule has 1 N–H and O–H groups in total. The highest BCUT2D eigenvalue weighted by Crippen LogP contribution is 2.60. The van der Waals surface area contributed by atoms with Gasteiger partial charge in [0, 0.05) is 29.7 Å². The van der Waals surface area contributed by atoms with Crippen LogP contribution in [0.25, 0.3) is 0 Å². The number of rotatable bonds is 4. The molecule has 3 aliphatic carbocycles. The first-order chi connectivity index (χ1) is 16.5. The number of benzene rings is 3. The van der Waals surface area contributed by atoms with Crippen molar-refractivity contribution in [1.29, 1.82) is 0 Å². The number of nitro benzene ring substituents is 1. The largest absolute Gasteiger partial charge is 0.325 e. The number of nitro groups is 1. The van der Waals surface area contributed by atoms with E-state index in [1.165, 1.54) is 24.3 Å². The third-order valence-corrected chi connectivity index (χ3v) is 7.20. The minimum absolute atomic E-state index is 0.0958. The summed E-state index contributed by atoms with van der Waals surface area (Å²) in [4.78, 5) is 51.1. The first-order valence-electron chi connectivity index (χ1n) is 11.0. The molecule has 0 unspecified atom stereocenters. The topological polar surface area (TPSA) is 110 Å². The molecule has 4 aliphatic rings. The van der Waals surface area contributed by atoms with Crippen molar-refractivity contribution in [2.45, 2.75) is 11.8 Å². The van der Waals surface area contributed by atoms with Gasteiger partial charge in [0.2, 0.25) is 17.7 Å². The van der Waals surface area contributed by atoms with E-state index in [-0.39, 0.29) is 29.3 Å². The molecule has 8 nitrogen and oxygen atoms in total. The fourth-order valence-corrected chi connectivity index (χ4v) is 5.91. The Morgan fingerprint density at radius 1 is 0.794 bits per heavy atom. The van der Waals surface area contributed by atoms with Gasteiger partial charge in [-0.2, -0.15) is 0 Å². The summed E-state index contributed by atoms with van der Waals surface area (Å²) in [5.74, 6) is -2.69. The standard InChI is InChI=1S/C26H19N3O5/c30-20(27-14-9-11-15(12-10-14)29(33)34)13-28-25(31)23-21-16-5-1-2-6-17(16)22(24(23)26(28)32)19-8-4-3-7-18(19)21/h1-12,21-24H,13H2,(H,27,30)/t21?,22?,23-,24+. The molecule has 2 atom stereocenters. The Balaban J connectivity index is 1.29. The van der Waals surface area contributed by atoms with Crippen LogP contribution in [-0.4, -0.2) is 34.1 Å². The van der Waals surface area contributed by atoms with Crippen molar-refractivity contribution in [1.82, 2.24) is 4.90 Å². The summed E-state index contributed by atoms with van der Waals surface area (Å²) in [6, 6.07) is 21.3. The van der Waals surface area contributed by atoms with E-state index < -0.39 is 29.2 Å². The predicted octanol–water partition coefficient (Wildman–Crippen LogP) is 3.43. The summed E-state index contributed by atoms with van der Waals surface area (Å²) in [5, 5.41) is 13.4. The number of hydrogen-bond donors (Lipinski definition) is 1. The molecule has 34 heavy (non-hydrogen) atoms. The summed E-state index contributed by atoms with van der Waals surface area (Å²) in [6.07, 6.45) is 0. The van der Waals surface area contributed by atoms with Crippen molar-refractivity contribution in [3.05, 3.63) is 105 Å². The lowest BCUT2D eigenvalue weighted by molar-refractivity contribution is -0.384. The molecule has 0 aromatic heterocycles. The Hall–Kier alpha value is -4.33. The molecule has 7 rings (SSSR count). The zero-order valence-electron chi connectivity index (χ0n) is 17.9. The van der Waals surface area contributed by atoms with E-state index in [9.17, 15) is 24.5 Å². The Morgan fingerprint density at radius 3 is 1.65 bits per heavy atom. The van der Waals surface area contributed by atoms with E-state index >= 15 is 0 Å². The van der Waals surface area contributed by atoms with Gasteiger partial charge in [-0.15, -0.1) is 0 Å². The number of anilines is 1. The van der Waals surface area contributed by atoms with Gasteiger partial charge in [-0.05, 0) is 34.4 Å². The smallest absolute Gasteiger partial charge is 0.269 e. The van der Waals surface area contributed by atoms with E-state index in [4.69, 9.17) is 0 Å². The van der Waals surface area contributed by atoms with Gasteiger partial charge in [0.15, 0.2) is 0 Å². The zero-order chi connectivity index (χ0) is 23.6. The maximum atomic E-state index is 13.5. The lowest BCUT2D eigenvalue weighted by Gasteiger charge is -2.45. The van der Waals surface area contributed by atoms with Crippen LogP contribution < -0.4 is 5.32 Å². The number of nitrogens with one attached hydrogen (secondary N) is 1. The monoisotopic (exact) mass is 453 g/mol. The number of carbonyl (C=O) groups is 3. The van der Waals surface area contributed by atoms with Gasteiger partial charge >= 0.3 is 0 Å². The van der Waals surface area contributed by atoms with Crippen molar-refractivity contribution in [3.63, 3.8) is 0 Å². The van der Waals surface area contributed by atoms with Crippen LogP contribution in [0, 0.1) is 22.0 Å². The number of nitrogens with zero attached hydrogens (tertiary/aromatic N) is 2. The maximum absolute atomic E-state index is 13.5. The van der Waals surface area contributed by atoms with Crippen LogP contribution in [-0.2, 0) is 14.4 Å². The SMILES string of the molecule is O=C(CN1C(=O)[C@@H]2C3c4ccccc4C(c4ccccc43)[C@@H]2C1=O)Nc1ccc([N+](=O)[O-])cc1. The van der Waals surface area contributed by atoms with Gasteiger partial charge in [-0.1, -0.05) is 48.5 Å². The average molecular weight is 453 g/mol. The summed E-state index contributed by atoms with van der Waals surface area (Å²) in [7, 11) is 0. The van der Waals surface area contributed by atoms with Crippen LogP contribution in [0.5, 0.6) is 0 Å². The Labute approximate surface area is 194 Å². The molecule has 1 fully saturated rings. The summed E-state index contributed by atoms with van der Waals surface area (Å²) < 4.78 is 0. The molecular weight excluding hydrogens is 434 g/mol. The maximum Gasteiger partial charge on any atom is 0.269 e. The highest BCUT2D eigenvalue weighted by atomic mass is 16.6. The number of likely N-dealkylation sites (tertiary alicyclic amines) is 1. The number of carbonyl (C=O) groups excluding carboxylic acids is 3. The quantitative estimate of drug-likeness (QED) is 0.370. The molecule has 168 valence electrons. The third-order valence-electron chi connectivity index (χ3n) is 7.20. The average Bonchev–Trinajstić information content (AvgIpc) is 3.09. The van der Waals surface area contributed by atoms with E-state index in [1.54, 1.807) is 0 Å². The van der Waals surface area contributed by atoms with Gasteiger partial charge in [0.25, 0.3) is 5.69 Å². The second-order valence-electron chi connectivity index (χ2n) is 8.88. The fourth-order valence-electron chi connectivity index (χ4n) is 5.91. The highest BCUT2D eigenvalue weighted by molar-refractivity contribution is 6.10.